The number of carbonyl (C=O) groups excluding carboxylic acids is 1. The van der Waals surface area contributed by atoms with Crippen LogP contribution in [0.15, 0.2) is 24.3 Å². The number of hydrogen-bond donors (Lipinski definition) is 2. The van der Waals surface area contributed by atoms with E-state index in [0.717, 1.165) is 0 Å². The molecular formula is C9H12ClN3O3. The number of nitro benzene ring substituents is 1. The molecule has 0 heterocycles. The summed E-state index contributed by atoms with van der Waals surface area (Å²) in [5, 5.41) is 12.9. The number of benzene rings is 1. The van der Waals surface area contributed by atoms with Crippen molar-refractivity contribution in [3.63, 3.8) is 0 Å². The summed E-state index contributed by atoms with van der Waals surface area (Å²) < 4.78 is 0. The van der Waals surface area contributed by atoms with Gasteiger partial charge in [-0.2, -0.15) is 0 Å². The van der Waals surface area contributed by atoms with Crippen molar-refractivity contribution < 1.29 is 9.72 Å². The van der Waals surface area contributed by atoms with Crippen LogP contribution in [0.1, 0.15) is 6.92 Å². The third-order valence-electron chi connectivity index (χ3n) is 1.76. The van der Waals surface area contributed by atoms with Crippen molar-refractivity contribution in [1.29, 1.82) is 0 Å². The van der Waals surface area contributed by atoms with E-state index in [0.29, 0.717) is 5.69 Å². The van der Waals surface area contributed by atoms with Crippen molar-refractivity contribution in [2.24, 2.45) is 5.73 Å². The van der Waals surface area contributed by atoms with Crippen molar-refractivity contribution in [1.82, 2.24) is 0 Å². The predicted octanol–water partition coefficient (Wildman–Crippen LogP) is 1.30. The van der Waals surface area contributed by atoms with Crippen LogP contribution in [-0.4, -0.2) is 16.9 Å². The van der Waals surface area contributed by atoms with Gasteiger partial charge >= 0.3 is 0 Å². The first kappa shape index (κ1) is 14.3. The molecule has 0 fully saturated rings. The normalized spacial score (nSPS) is 11.1. The van der Waals surface area contributed by atoms with Gasteiger partial charge in [0.25, 0.3) is 5.69 Å². The minimum atomic E-state index is -0.611. The summed E-state index contributed by atoms with van der Waals surface area (Å²) in [5.41, 5.74) is 5.81. The number of halogens is 1. The third kappa shape index (κ3) is 3.84. The van der Waals surface area contributed by atoms with E-state index >= 15 is 0 Å². The molecule has 1 aromatic rings. The van der Waals surface area contributed by atoms with E-state index in [9.17, 15) is 14.9 Å². The standard InChI is InChI=1S/C9H11N3O3.ClH/c1-6(10)9(13)11-7-2-4-8(5-3-7)12(14)15;/h2-6H,10H2,1H3,(H,11,13);1H/t6-;/m1./s1. The molecule has 88 valence electrons. The Morgan fingerprint density at radius 3 is 2.31 bits per heavy atom. The maximum absolute atomic E-state index is 11.2. The molecule has 0 spiro atoms. The number of nitro groups is 1. The van der Waals surface area contributed by atoms with E-state index in [2.05, 4.69) is 5.32 Å². The lowest BCUT2D eigenvalue weighted by Crippen LogP contribution is -2.32. The van der Waals surface area contributed by atoms with Gasteiger partial charge in [0.15, 0.2) is 0 Å². The second kappa shape index (κ2) is 6.04. The fourth-order valence-electron chi connectivity index (χ4n) is 0.923. The SMILES string of the molecule is C[C@@H](N)C(=O)Nc1ccc([N+](=O)[O-])cc1.Cl. The van der Waals surface area contributed by atoms with Crippen LogP contribution in [0.3, 0.4) is 0 Å². The lowest BCUT2D eigenvalue weighted by atomic mass is 10.2. The Hall–Kier alpha value is -1.66. The summed E-state index contributed by atoms with van der Waals surface area (Å²) in [5.74, 6) is -0.330. The molecule has 3 N–H and O–H groups in total. The van der Waals surface area contributed by atoms with E-state index in [1.54, 1.807) is 6.92 Å². The molecule has 0 aromatic heterocycles. The average molecular weight is 246 g/mol. The zero-order chi connectivity index (χ0) is 11.4. The largest absolute Gasteiger partial charge is 0.325 e. The molecule has 1 atom stereocenters. The number of nitrogens with two attached hydrogens (primary N) is 1. The van der Waals surface area contributed by atoms with Crippen LogP contribution >= 0.6 is 12.4 Å². The number of amides is 1. The highest BCUT2D eigenvalue weighted by atomic mass is 35.5. The molecule has 0 aliphatic rings. The van der Waals surface area contributed by atoms with Crippen molar-refractivity contribution in [3.05, 3.63) is 34.4 Å². The predicted molar refractivity (Wildman–Crippen MR) is 62.6 cm³/mol. The number of rotatable bonds is 3. The molecule has 0 radical (unpaired) electrons. The van der Waals surface area contributed by atoms with Gasteiger partial charge in [-0.25, -0.2) is 0 Å². The van der Waals surface area contributed by atoms with Crippen LogP contribution < -0.4 is 11.1 Å². The van der Waals surface area contributed by atoms with Crippen LogP contribution in [0.4, 0.5) is 11.4 Å². The van der Waals surface area contributed by atoms with E-state index in [1.165, 1.54) is 24.3 Å². The first-order valence-electron chi connectivity index (χ1n) is 4.31. The quantitative estimate of drug-likeness (QED) is 0.619. The summed E-state index contributed by atoms with van der Waals surface area (Å²) in [6.07, 6.45) is 0. The van der Waals surface area contributed by atoms with Gasteiger partial charge in [0.05, 0.1) is 11.0 Å². The zero-order valence-corrected chi connectivity index (χ0v) is 9.36. The van der Waals surface area contributed by atoms with Crippen molar-refractivity contribution in [3.8, 4) is 0 Å². The van der Waals surface area contributed by atoms with E-state index < -0.39 is 11.0 Å². The van der Waals surface area contributed by atoms with Gasteiger partial charge < -0.3 is 11.1 Å². The summed E-state index contributed by atoms with van der Waals surface area (Å²) in [6.45, 7) is 1.56. The first-order valence-corrected chi connectivity index (χ1v) is 4.31. The number of nitrogens with zero attached hydrogens (tertiary/aromatic N) is 1. The summed E-state index contributed by atoms with van der Waals surface area (Å²) in [6, 6.07) is 4.94. The number of hydrogen-bond acceptors (Lipinski definition) is 4. The van der Waals surface area contributed by atoms with E-state index in [1.807, 2.05) is 0 Å². The van der Waals surface area contributed by atoms with Gasteiger partial charge in [-0.1, -0.05) is 0 Å². The van der Waals surface area contributed by atoms with Gasteiger partial charge in [0.2, 0.25) is 5.91 Å². The molecule has 0 saturated heterocycles. The molecule has 7 heteroatoms. The molecule has 1 amide bonds. The number of nitrogens with one attached hydrogen (secondary N) is 1. The van der Waals surface area contributed by atoms with E-state index in [-0.39, 0.29) is 24.0 Å². The van der Waals surface area contributed by atoms with Crippen LogP contribution in [0.25, 0.3) is 0 Å². The Morgan fingerprint density at radius 2 is 1.94 bits per heavy atom. The van der Waals surface area contributed by atoms with Gasteiger partial charge in [-0.05, 0) is 19.1 Å². The van der Waals surface area contributed by atoms with E-state index in [4.69, 9.17) is 5.73 Å². The van der Waals surface area contributed by atoms with Crippen LogP contribution in [-0.2, 0) is 4.79 Å². The summed E-state index contributed by atoms with van der Waals surface area (Å²) in [4.78, 5) is 21.0. The molecule has 1 aromatic carbocycles. The lowest BCUT2D eigenvalue weighted by Gasteiger charge is -2.06. The summed E-state index contributed by atoms with van der Waals surface area (Å²) >= 11 is 0. The Bertz CT molecular complexity index is 378. The molecule has 0 aliphatic heterocycles. The highest BCUT2D eigenvalue weighted by Gasteiger charge is 2.08. The molecule has 1 rings (SSSR count). The molecule has 6 nitrogen and oxygen atoms in total. The molecule has 0 saturated carbocycles. The number of non-ortho nitro benzene ring substituents is 1. The van der Waals surface area contributed by atoms with Crippen LogP contribution in [0, 0.1) is 10.1 Å². The Kier molecular flexibility index (Phi) is 5.41. The highest BCUT2D eigenvalue weighted by Crippen LogP contribution is 2.15. The second-order valence-corrected chi connectivity index (χ2v) is 3.08. The van der Waals surface area contributed by atoms with Gasteiger partial charge in [-0.3, -0.25) is 14.9 Å². The van der Waals surface area contributed by atoms with Crippen molar-refractivity contribution in [2.75, 3.05) is 5.32 Å². The Labute approximate surface area is 98.4 Å². The number of carbonyl (C=O) groups is 1. The third-order valence-corrected chi connectivity index (χ3v) is 1.76. The maximum Gasteiger partial charge on any atom is 0.269 e. The molecule has 16 heavy (non-hydrogen) atoms. The lowest BCUT2D eigenvalue weighted by molar-refractivity contribution is -0.384. The second-order valence-electron chi connectivity index (χ2n) is 3.08. The summed E-state index contributed by atoms with van der Waals surface area (Å²) in [7, 11) is 0. The van der Waals surface area contributed by atoms with Gasteiger partial charge in [-0.15, -0.1) is 12.4 Å². The molecule has 0 bridgehead atoms. The first-order chi connectivity index (χ1) is 7.00. The van der Waals surface area contributed by atoms with Gasteiger partial charge in [0, 0.05) is 17.8 Å². The molecular weight excluding hydrogens is 234 g/mol. The van der Waals surface area contributed by atoms with Crippen LogP contribution in [0.5, 0.6) is 0 Å². The Balaban J connectivity index is 0.00000225. The Morgan fingerprint density at radius 1 is 1.44 bits per heavy atom. The fourth-order valence-corrected chi connectivity index (χ4v) is 0.923. The molecule has 0 unspecified atom stereocenters. The van der Waals surface area contributed by atoms with Crippen LogP contribution in [0.2, 0.25) is 0 Å². The highest BCUT2D eigenvalue weighted by molar-refractivity contribution is 5.94. The minimum absolute atomic E-state index is 0. The average Bonchev–Trinajstić information content (AvgIpc) is 2.18. The fraction of sp³-hybridized carbons (Fsp3) is 0.222. The molecule has 0 aliphatic carbocycles. The minimum Gasteiger partial charge on any atom is -0.325 e. The zero-order valence-electron chi connectivity index (χ0n) is 8.54. The smallest absolute Gasteiger partial charge is 0.269 e. The van der Waals surface area contributed by atoms with Crippen molar-refractivity contribution >= 4 is 29.7 Å². The monoisotopic (exact) mass is 245 g/mol. The topological polar surface area (TPSA) is 98.3 Å². The number of anilines is 1. The van der Waals surface area contributed by atoms with Crippen molar-refractivity contribution in [2.45, 2.75) is 13.0 Å². The maximum atomic E-state index is 11.2. The van der Waals surface area contributed by atoms with Gasteiger partial charge in [0.1, 0.15) is 0 Å².